The fraction of sp³-hybridized carbons (Fsp3) is 0.415. The largest absolute Gasteiger partial charge is 0.496 e. The average molecular weight is 704 g/mol. The van der Waals surface area contributed by atoms with Gasteiger partial charge in [0.15, 0.2) is 5.78 Å². The summed E-state index contributed by atoms with van der Waals surface area (Å²) in [5, 5.41) is 3.06. The highest BCUT2D eigenvalue weighted by Gasteiger charge is 2.49. The molecule has 6 heterocycles. The maximum absolute atomic E-state index is 13.6. The Kier molecular flexibility index (Phi) is 9.07. The van der Waals surface area contributed by atoms with Gasteiger partial charge in [0, 0.05) is 99.9 Å². The van der Waals surface area contributed by atoms with Gasteiger partial charge in [-0.3, -0.25) is 29.4 Å². The molecule has 4 aliphatic rings. The first-order valence-electron chi connectivity index (χ1n) is 18.0. The van der Waals surface area contributed by atoms with Crippen LogP contribution in [0.25, 0.3) is 11.1 Å². The Morgan fingerprint density at radius 1 is 0.750 bits per heavy atom. The molecule has 1 amide bonds. The summed E-state index contributed by atoms with van der Waals surface area (Å²) in [7, 11) is 3.24. The van der Waals surface area contributed by atoms with E-state index >= 15 is 0 Å². The minimum atomic E-state index is -0.318. The number of benzene rings is 2. The van der Waals surface area contributed by atoms with Crippen molar-refractivity contribution < 1.29 is 28.5 Å². The van der Waals surface area contributed by atoms with E-state index in [2.05, 4.69) is 25.1 Å². The van der Waals surface area contributed by atoms with Crippen LogP contribution in [0.5, 0.6) is 11.5 Å². The molecular weight excluding hydrogens is 658 g/mol. The highest BCUT2D eigenvalue weighted by atomic mass is 16.5. The number of Topliss-reactive ketones (excluding diaryl/α,β-unsaturated/α-hetero) is 1. The fourth-order valence-electron chi connectivity index (χ4n) is 8.03. The summed E-state index contributed by atoms with van der Waals surface area (Å²) in [5.74, 6) is 0.907. The smallest absolute Gasteiger partial charge is 0.274 e. The lowest BCUT2D eigenvalue weighted by Gasteiger charge is -2.55. The van der Waals surface area contributed by atoms with E-state index in [4.69, 9.17) is 18.9 Å². The molecule has 2 aromatic heterocycles. The lowest BCUT2D eigenvalue weighted by atomic mass is 9.86. The molecule has 2 aromatic carbocycles. The maximum Gasteiger partial charge on any atom is 0.274 e. The van der Waals surface area contributed by atoms with E-state index in [-0.39, 0.29) is 35.0 Å². The molecule has 11 nitrogen and oxygen atoms in total. The van der Waals surface area contributed by atoms with Gasteiger partial charge in [-0.05, 0) is 47.7 Å². The molecule has 8 rings (SSSR count). The Bertz CT molecular complexity index is 1880. The van der Waals surface area contributed by atoms with Crippen molar-refractivity contribution in [2.75, 3.05) is 58.9 Å². The van der Waals surface area contributed by atoms with Gasteiger partial charge in [-0.15, -0.1) is 0 Å². The molecule has 270 valence electrons. The average Bonchev–Trinajstić information content (AvgIpc) is 3.07. The number of carbonyl (C=O) groups is 2. The summed E-state index contributed by atoms with van der Waals surface area (Å²) >= 11 is 0. The quantitative estimate of drug-likeness (QED) is 0.192. The number of nitrogens with zero attached hydrogens (tertiary/aromatic N) is 4. The number of methoxy groups -OCH3 is 2. The molecule has 0 aliphatic carbocycles. The number of amides is 1. The van der Waals surface area contributed by atoms with Crippen molar-refractivity contribution in [2.45, 2.75) is 57.4 Å². The number of pyridine rings is 2. The molecule has 4 aliphatic heterocycles. The molecule has 0 atom stereocenters. The van der Waals surface area contributed by atoms with Crippen molar-refractivity contribution in [3.63, 3.8) is 0 Å². The van der Waals surface area contributed by atoms with Crippen molar-refractivity contribution in [3.05, 3.63) is 100 Å². The first kappa shape index (κ1) is 34.4. The molecule has 4 aromatic rings. The Morgan fingerprint density at radius 3 is 1.81 bits per heavy atom. The number of carbonyl (C=O) groups excluding carboxylic acids is 2. The van der Waals surface area contributed by atoms with Crippen LogP contribution in [-0.2, 0) is 29.0 Å². The Labute approximate surface area is 304 Å². The van der Waals surface area contributed by atoms with E-state index in [1.807, 2.05) is 50.2 Å². The van der Waals surface area contributed by atoms with Gasteiger partial charge in [0.1, 0.15) is 22.9 Å². The zero-order chi connectivity index (χ0) is 36.0. The Hall–Kier alpha value is -4.68. The van der Waals surface area contributed by atoms with E-state index in [0.717, 1.165) is 91.2 Å². The monoisotopic (exact) mass is 703 g/mol. The van der Waals surface area contributed by atoms with Crippen molar-refractivity contribution in [1.29, 1.82) is 0 Å². The standard InChI is InChI=1S/C41H45N5O6/c1-26-28(15-36(47)34-16-37(49-3)29(18-42-34)20-45-22-40(23-45)11-13-51-40)7-5-8-31(26)32-9-6-10-33(27(32)2)44-39(48)35-17-38(50-4)30(19-43-35)21-46-24-41(25-46)12-14-52-41/h5-10,16-19H,11-15,20-25H2,1-4H3,(H,44,48). The molecule has 52 heavy (non-hydrogen) atoms. The van der Waals surface area contributed by atoms with Crippen LogP contribution in [0.1, 0.15) is 61.6 Å². The normalized spacial score (nSPS) is 18.5. The van der Waals surface area contributed by atoms with Crippen LogP contribution >= 0.6 is 0 Å². The van der Waals surface area contributed by atoms with E-state index in [1.165, 1.54) is 0 Å². The van der Waals surface area contributed by atoms with Gasteiger partial charge in [-0.1, -0.05) is 30.3 Å². The highest BCUT2D eigenvalue weighted by Crippen LogP contribution is 2.39. The van der Waals surface area contributed by atoms with Gasteiger partial charge >= 0.3 is 0 Å². The van der Waals surface area contributed by atoms with E-state index < -0.39 is 0 Å². The zero-order valence-corrected chi connectivity index (χ0v) is 30.3. The van der Waals surface area contributed by atoms with Crippen LogP contribution in [0.15, 0.2) is 60.9 Å². The molecular formula is C41H45N5O6. The number of ether oxygens (including phenoxy) is 4. The number of hydrogen-bond donors (Lipinski definition) is 1. The molecule has 4 fully saturated rings. The highest BCUT2D eigenvalue weighted by molar-refractivity contribution is 6.04. The Morgan fingerprint density at radius 2 is 1.27 bits per heavy atom. The molecule has 0 saturated carbocycles. The third-order valence-electron chi connectivity index (χ3n) is 11.3. The minimum absolute atomic E-state index is 0.0484. The lowest BCUT2D eigenvalue weighted by Crippen LogP contribution is -2.67. The van der Waals surface area contributed by atoms with Gasteiger partial charge in [-0.2, -0.15) is 0 Å². The summed E-state index contributed by atoms with van der Waals surface area (Å²) in [6.45, 7) is 10.8. The van der Waals surface area contributed by atoms with Gasteiger partial charge in [0.2, 0.25) is 0 Å². The van der Waals surface area contributed by atoms with Crippen molar-refractivity contribution in [3.8, 4) is 22.6 Å². The van der Waals surface area contributed by atoms with Crippen LogP contribution in [0.4, 0.5) is 5.69 Å². The summed E-state index contributed by atoms with van der Waals surface area (Å²) in [6, 6.07) is 15.3. The predicted molar refractivity (Wildman–Crippen MR) is 196 cm³/mol. The number of anilines is 1. The van der Waals surface area contributed by atoms with E-state index in [9.17, 15) is 9.59 Å². The first-order chi connectivity index (χ1) is 25.2. The molecule has 0 bridgehead atoms. The van der Waals surface area contributed by atoms with Crippen LogP contribution < -0.4 is 14.8 Å². The van der Waals surface area contributed by atoms with Crippen LogP contribution in [0.2, 0.25) is 0 Å². The number of likely N-dealkylation sites (tertiary alicyclic amines) is 2. The van der Waals surface area contributed by atoms with E-state index in [0.29, 0.717) is 36.0 Å². The SMILES string of the molecule is COc1cc(C(=O)Cc2cccc(-c3cccc(NC(=O)c4cc(OC)c(CN5CC6(CCO6)C5)cn4)c3C)c2C)ncc1CN1CC2(CCO2)C1. The van der Waals surface area contributed by atoms with Crippen LogP contribution in [-0.4, -0.2) is 96.3 Å². The zero-order valence-electron chi connectivity index (χ0n) is 30.3. The number of hydrogen-bond acceptors (Lipinski definition) is 10. The number of rotatable bonds is 12. The van der Waals surface area contributed by atoms with Gasteiger partial charge in [0.25, 0.3) is 5.91 Å². The lowest BCUT2D eigenvalue weighted by molar-refractivity contribution is -0.223. The van der Waals surface area contributed by atoms with Crippen LogP contribution in [0.3, 0.4) is 0 Å². The third kappa shape index (κ3) is 6.47. The molecule has 1 N–H and O–H groups in total. The summed E-state index contributed by atoms with van der Waals surface area (Å²) < 4.78 is 22.8. The topological polar surface area (TPSA) is 115 Å². The van der Waals surface area contributed by atoms with Gasteiger partial charge in [0.05, 0.1) is 38.6 Å². The van der Waals surface area contributed by atoms with Gasteiger partial charge < -0.3 is 24.3 Å². The second kappa shape index (κ2) is 13.7. The van der Waals surface area contributed by atoms with Gasteiger partial charge in [-0.25, -0.2) is 0 Å². The summed E-state index contributed by atoms with van der Waals surface area (Å²) in [6.07, 6.45) is 5.92. The maximum atomic E-state index is 13.6. The second-order valence-corrected chi connectivity index (χ2v) is 14.7. The van der Waals surface area contributed by atoms with Crippen molar-refractivity contribution in [1.82, 2.24) is 19.8 Å². The number of ketones is 1. The second-order valence-electron chi connectivity index (χ2n) is 14.7. The molecule has 4 saturated heterocycles. The van der Waals surface area contributed by atoms with Crippen molar-refractivity contribution in [2.24, 2.45) is 0 Å². The van der Waals surface area contributed by atoms with Crippen LogP contribution in [0, 0.1) is 13.8 Å². The summed E-state index contributed by atoms with van der Waals surface area (Å²) in [5.41, 5.74) is 8.12. The molecule has 2 spiro atoms. The fourth-order valence-corrected chi connectivity index (χ4v) is 8.03. The summed E-state index contributed by atoms with van der Waals surface area (Å²) in [4.78, 5) is 40.7. The first-order valence-corrected chi connectivity index (χ1v) is 18.0. The molecule has 11 heteroatoms. The Balaban J connectivity index is 0.939. The minimum Gasteiger partial charge on any atom is -0.496 e. The predicted octanol–water partition coefficient (Wildman–Crippen LogP) is 5.40. The third-order valence-corrected chi connectivity index (χ3v) is 11.3. The molecule has 0 unspecified atom stereocenters. The van der Waals surface area contributed by atoms with Crippen molar-refractivity contribution >= 4 is 17.4 Å². The number of aromatic nitrogens is 2. The van der Waals surface area contributed by atoms with E-state index in [1.54, 1.807) is 38.7 Å². The molecule has 0 radical (unpaired) electrons. The number of nitrogens with one attached hydrogen (secondary N) is 1.